The van der Waals surface area contributed by atoms with Crippen molar-refractivity contribution in [1.82, 2.24) is 9.97 Å². The van der Waals surface area contributed by atoms with E-state index in [1.807, 2.05) is 19.2 Å². The molecule has 0 fully saturated rings. The maximum Gasteiger partial charge on any atom is 0.356 e. The Hall–Kier alpha value is -1.80. The second kappa shape index (κ2) is 5.68. The normalized spacial score (nSPS) is 12.2. The second-order valence-electron chi connectivity index (χ2n) is 4.25. The van der Waals surface area contributed by atoms with Crippen LogP contribution in [0, 0.1) is 6.92 Å². The lowest BCUT2D eigenvalue weighted by molar-refractivity contribution is 0.0687. The van der Waals surface area contributed by atoms with Gasteiger partial charge in [-0.2, -0.15) is 0 Å². The number of Topliss-reactive ketones (excluding diaryl/α,β-unsaturated/α-hetero) is 1. The van der Waals surface area contributed by atoms with Crippen molar-refractivity contribution in [2.45, 2.75) is 26.8 Å². The number of carboxylic acid groups (broad SMARTS) is 1. The van der Waals surface area contributed by atoms with Crippen LogP contribution in [0.2, 0.25) is 0 Å². The molecule has 6 nitrogen and oxygen atoms in total. The van der Waals surface area contributed by atoms with Gasteiger partial charge in [0.05, 0.1) is 6.04 Å². The second-order valence-corrected chi connectivity index (χ2v) is 6.14. The van der Waals surface area contributed by atoms with Gasteiger partial charge >= 0.3 is 5.97 Å². The molecule has 0 aliphatic heterocycles. The summed E-state index contributed by atoms with van der Waals surface area (Å²) in [4.78, 5) is 30.9. The number of aryl methyl sites for hydroxylation is 1. The van der Waals surface area contributed by atoms with Gasteiger partial charge in [-0.25, -0.2) is 14.8 Å². The summed E-state index contributed by atoms with van der Waals surface area (Å²) in [5.74, 6) is -1.50. The fraction of sp³-hybridized carbons (Fsp3) is 0.333. The number of aromatic nitrogens is 2. The zero-order valence-electron chi connectivity index (χ0n) is 11.1. The fourth-order valence-corrected chi connectivity index (χ4v) is 3.33. The van der Waals surface area contributed by atoms with E-state index in [1.165, 1.54) is 18.3 Å². The molecule has 0 saturated carbocycles. The summed E-state index contributed by atoms with van der Waals surface area (Å²) in [5.41, 5.74) is 0.737. The zero-order chi connectivity index (χ0) is 14.9. The molecule has 0 aliphatic rings. The van der Waals surface area contributed by atoms with Crippen molar-refractivity contribution < 1.29 is 14.7 Å². The maximum absolute atomic E-state index is 11.4. The average molecular weight is 311 g/mol. The van der Waals surface area contributed by atoms with Gasteiger partial charge in [-0.1, -0.05) is 11.3 Å². The number of anilines is 1. The molecule has 2 aromatic rings. The predicted molar refractivity (Wildman–Crippen MR) is 78.0 cm³/mol. The number of thiazole rings is 2. The molecule has 20 heavy (non-hydrogen) atoms. The highest BCUT2D eigenvalue weighted by Gasteiger charge is 2.21. The average Bonchev–Trinajstić information content (AvgIpc) is 2.95. The number of carbonyl (C=O) groups excluding carboxylic acids is 1. The first kappa shape index (κ1) is 14.6. The van der Waals surface area contributed by atoms with Crippen LogP contribution in [-0.2, 0) is 0 Å². The first-order valence-electron chi connectivity index (χ1n) is 5.82. The lowest BCUT2D eigenvalue weighted by atomic mass is 10.3. The quantitative estimate of drug-likeness (QED) is 0.825. The molecule has 0 radical (unpaired) electrons. The monoisotopic (exact) mass is 311 g/mol. The van der Waals surface area contributed by atoms with Gasteiger partial charge in [0.2, 0.25) is 0 Å². The van der Waals surface area contributed by atoms with Gasteiger partial charge in [0, 0.05) is 18.0 Å². The Bertz CT molecular complexity index is 631. The standard InChI is InChI=1S/C12H13N3O3S2/c1-5-4-19-10(13-5)6(2)14-12-15-8(11(17)18)9(20-12)7(3)16/h4,6H,1-3H3,(H,14,15)(H,17,18). The van der Waals surface area contributed by atoms with Gasteiger partial charge in [-0.15, -0.1) is 11.3 Å². The Labute approximate surface area is 123 Å². The van der Waals surface area contributed by atoms with E-state index in [4.69, 9.17) is 5.11 Å². The molecule has 1 unspecified atom stereocenters. The molecular weight excluding hydrogens is 298 g/mol. The van der Waals surface area contributed by atoms with Crippen LogP contribution in [0.5, 0.6) is 0 Å². The summed E-state index contributed by atoms with van der Waals surface area (Å²) in [7, 11) is 0. The molecule has 0 amide bonds. The minimum absolute atomic E-state index is 0.0960. The number of carbonyl (C=O) groups is 2. The number of nitrogens with one attached hydrogen (secondary N) is 1. The highest BCUT2D eigenvalue weighted by atomic mass is 32.1. The summed E-state index contributed by atoms with van der Waals surface area (Å²) < 4.78 is 0. The molecule has 2 rings (SSSR count). The summed E-state index contributed by atoms with van der Waals surface area (Å²) >= 11 is 2.57. The van der Waals surface area contributed by atoms with Crippen molar-refractivity contribution in [3.63, 3.8) is 0 Å². The van der Waals surface area contributed by atoms with E-state index < -0.39 is 5.97 Å². The van der Waals surface area contributed by atoms with Crippen LogP contribution in [-0.4, -0.2) is 26.8 Å². The smallest absolute Gasteiger partial charge is 0.356 e. The van der Waals surface area contributed by atoms with Gasteiger partial charge in [-0.3, -0.25) is 4.79 Å². The molecule has 106 valence electrons. The molecule has 8 heteroatoms. The van der Waals surface area contributed by atoms with Crippen molar-refractivity contribution in [2.75, 3.05) is 5.32 Å². The molecule has 2 aromatic heterocycles. The highest BCUT2D eigenvalue weighted by molar-refractivity contribution is 7.17. The molecule has 1 atom stereocenters. The molecule has 0 aromatic carbocycles. The van der Waals surface area contributed by atoms with Gasteiger partial charge in [0.25, 0.3) is 0 Å². The number of hydrogen-bond donors (Lipinski definition) is 2. The predicted octanol–water partition coefficient (Wildman–Crippen LogP) is 2.98. The van der Waals surface area contributed by atoms with Crippen molar-refractivity contribution in [1.29, 1.82) is 0 Å². The van der Waals surface area contributed by atoms with Crippen LogP contribution in [0.3, 0.4) is 0 Å². The Morgan fingerprint density at radius 1 is 1.40 bits per heavy atom. The number of carboxylic acids is 1. The number of aromatic carboxylic acids is 1. The van der Waals surface area contributed by atoms with E-state index in [2.05, 4.69) is 15.3 Å². The SMILES string of the molecule is CC(=O)c1sc(NC(C)c2nc(C)cs2)nc1C(=O)O. The van der Waals surface area contributed by atoms with E-state index >= 15 is 0 Å². The fourth-order valence-electron chi connectivity index (χ4n) is 1.58. The summed E-state index contributed by atoms with van der Waals surface area (Å²) in [6, 6.07) is -0.0960. The maximum atomic E-state index is 11.4. The van der Waals surface area contributed by atoms with E-state index in [1.54, 1.807) is 0 Å². The lowest BCUT2D eigenvalue weighted by Gasteiger charge is -2.08. The van der Waals surface area contributed by atoms with Crippen LogP contribution in [0.15, 0.2) is 5.38 Å². The van der Waals surface area contributed by atoms with Crippen molar-refractivity contribution in [2.24, 2.45) is 0 Å². The Morgan fingerprint density at radius 2 is 2.10 bits per heavy atom. The topological polar surface area (TPSA) is 92.2 Å². The van der Waals surface area contributed by atoms with Crippen LogP contribution < -0.4 is 5.32 Å². The van der Waals surface area contributed by atoms with Crippen LogP contribution in [0.4, 0.5) is 5.13 Å². The van der Waals surface area contributed by atoms with Gasteiger partial charge < -0.3 is 10.4 Å². The van der Waals surface area contributed by atoms with Crippen molar-refractivity contribution in [3.8, 4) is 0 Å². The number of hydrogen-bond acceptors (Lipinski definition) is 7. The number of nitrogens with zero attached hydrogens (tertiary/aromatic N) is 2. The molecule has 0 saturated heterocycles. The molecule has 0 bridgehead atoms. The van der Waals surface area contributed by atoms with Gasteiger partial charge in [0.15, 0.2) is 16.6 Å². The summed E-state index contributed by atoms with van der Waals surface area (Å²) in [6.45, 7) is 5.15. The third-order valence-electron chi connectivity index (χ3n) is 2.50. The van der Waals surface area contributed by atoms with E-state index in [0.29, 0.717) is 5.13 Å². The number of ketones is 1. The van der Waals surface area contributed by atoms with E-state index in [9.17, 15) is 9.59 Å². The van der Waals surface area contributed by atoms with Crippen LogP contribution in [0.1, 0.15) is 50.8 Å². The van der Waals surface area contributed by atoms with E-state index in [0.717, 1.165) is 22.0 Å². The Balaban J connectivity index is 2.23. The minimum Gasteiger partial charge on any atom is -0.476 e. The first-order chi connectivity index (χ1) is 9.38. The van der Waals surface area contributed by atoms with Crippen molar-refractivity contribution in [3.05, 3.63) is 26.7 Å². The molecule has 0 aliphatic carbocycles. The zero-order valence-corrected chi connectivity index (χ0v) is 12.8. The summed E-state index contributed by atoms with van der Waals surface area (Å²) in [5, 5.41) is 15.4. The van der Waals surface area contributed by atoms with E-state index in [-0.39, 0.29) is 22.4 Å². The largest absolute Gasteiger partial charge is 0.476 e. The molecule has 0 spiro atoms. The van der Waals surface area contributed by atoms with Crippen LogP contribution >= 0.6 is 22.7 Å². The summed E-state index contributed by atoms with van der Waals surface area (Å²) in [6.07, 6.45) is 0. The van der Waals surface area contributed by atoms with Gasteiger partial charge in [0.1, 0.15) is 9.88 Å². The number of rotatable bonds is 5. The highest BCUT2D eigenvalue weighted by Crippen LogP contribution is 2.28. The first-order valence-corrected chi connectivity index (χ1v) is 7.51. The molecule has 2 N–H and O–H groups in total. The third kappa shape index (κ3) is 3.02. The third-order valence-corrected chi connectivity index (χ3v) is 4.73. The van der Waals surface area contributed by atoms with Gasteiger partial charge in [-0.05, 0) is 13.8 Å². The lowest BCUT2D eigenvalue weighted by Crippen LogP contribution is -2.07. The Kier molecular flexibility index (Phi) is 4.15. The molecular formula is C12H13N3O3S2. The Morgan fingerprint density at radius 3 is 2.55 bits per heavy atom. The molecule has 2 heterocycles. The van der Waals surface area contributed by atoms with Crippen LogP contribution in [0.25, 0.3) is 0 Å². The minimum atomic E-state index is -1.20. The van der Waals surface area contributed by atoms with Crippen molar-refractivity contribution >= 4 is 39.6 Å².